The molecule has 2 aliphatic rings. The topological polar surface area (TPSA) is 37.4 Å². The Morgan fingerprint density at radius 2 is 1.06 bits per heavy atom. The number of fused-ring (bicyclic) bond motifs is 10. The molecule has 3 nitrogen and oxygen atoms in total. The second-order valence-corrected chi connectivity index (χ2v) is 15.3. The third kappa shape index (κ3) is 4.81. The van der Waals surface area contributed by atoms with Crippen molar-refractivity contribution in [3.63, 3.8) is 0 Å². The number of hydrogen-bond acceptors (Lipinski definition) is 3. The molecule has 1 heterocycles. The zero-order chi connectivity index (χ0) is 36.0. The number of Topliss-reactive ketones (excluding diaryl/α,β-unsaturated/α-hetero) is 2. The molecule has 0 bridgehead atoms. The Hall–Kier alpha value is -6.58. The maximum Gasteiger partial charge on any atom is 0.197 e. The Labute approximate surface area is 308 Å². The van der Waals surface area contributed by atoms with E-state index in [0.717, 1.165) is 55.3 Å². The minimum atomic E-state index is -0.218. The summed E-state index contributed by atoms with van der Waals surface area (Å²) < 4.78 is 0. The lowest BCUT2D eigenvalue weighted by atomic mass is 9.85. The average Bonchev–Trinajstić information content (AvgIpc) is 3.32. The third-order valence-corrected chi connectivity index (χ3v) is 11.0. The van der Waals surface area contributed by atoms with E-state index in [-0.39, 0.29) is 22.6 Å². The predicted molar refractivity (Wildman–Crippen MR) is 220 cm³/mol. The van der Waals surface area contributed by atoms with Crippen LogP contribution in [0.5, 0.6) is 0 Å². The summed E-state index contributed by atoms with van der Waals surface area (Å²) in [5.41, 5.74) is 11.3. The highest BCUT2D eigenvalue weighted by Gasteiger charge is 2.34. The largest absolute Gasteiger partial charge is 0.309 e. The van der Waals surface area contributed by atoms with Gasteiger partial charge in [0.25, 0.3) is 0 Å². The molecule has 1 aliphatic heterocycles. The van der Waals surface area contributed by atoms with Crippen molar-refractivity contribution < 1.29 is 9.59 Å². The lowest BCUT2D eigenvalue weighted by Crippen LogP contribution is -2.13. The summed E-state index contributed by atoms with van der Waals surface area (Å²) >= 11 is 0. The number of ketones is 2. The molecule has 0 atom stereocenters. The van der Waals surface area contributed by atoms with Crippen molar-refractivity contribution in [1.29, 1.82) is 0 Å². The average molecular weight is 682 g/mol. The first kappa shape index (κ1) is 31.2. The van der Waals surface area contributed by atoms with Crippen LogP contribution in [-0.4, -0.2) is 11.6 Å². The van der Waals surface area contributed by atoms with Gasteiger partial charge in [0.05, 0.1) is 22.6 Å². The molecule has 10 rings (SSSR count). The summed E-state index contributed by atoms with van der Waals surface area (Å²) in [4.78, 5) is 29.7. The molecule has 0 unspecified atom stereocenters. The number of para-hydroxylation sites is 1. The van der Waals surface area contributed by atoms with E-state index in [0.29, 0.717) is 11.1 Å². The molecule has 0 radical (unpaired) electrons. The number of benzene rings is 8. The zero-order valence-electron chi connectivity index (χ0n) is 29.8. The fourth-order valence-corrected chi connectivity index (χ4v) is 8.35. The van der Waals surface area contributed by atoms with Gasteiger partial charge in [-0.15, -0.1) is 0 Å². The van der Waals surface area contributed by atoms with Gasteiger partial charge >= 0.3 is 0 Å². The molecule has 0 aromatic heterocycles. The second-order valence-electron chi connectivity index (χ2n) is 15.3. The van der Waals surface area contributed by atoms with Crippen molar-refractivity contribution in [2.75, 3.05) is 4.90 Å². The van der Waals surface area contributed by atoms with Gasteiger partial charge in [0.2, 0.25) is 0 Å². The normalized spacial score (nSPS) is 13.6. The van der Waals surface area contributed by atoms with Crippen LogP contribution in [0.25, 0.3) is 60.6 Å². The molecule has 53 heavy (non-hydrogen) atoms. The van der Waals surface area contributed by atoms with Crippen molar-refractivity contribution in [1.82, 2.24) is 0 Å². The van der Waals surface area contributed by atoms with Crippen LogP contribution in [0.1, 0.15) is 52.6 Å². The molecule has 8 aromatic rings. The minimum Gasteiger partial charge on any atom is -0.309 e. The minimum absolute atomic E-state index is 0.0400. The Kier molecular flexibility index (Phi) is 6.74. The van der Waals surface area contributed by atoms with Crippen LogP contribution in [0.2, 0.25) is 0 Å². The Morgan fingerprint density at radius 3 is 1.79 bits per heavy atom. The lowest BCUT2D eigenvalue weighted by molar-refractivity contribution is 0.0990. The van der Waals surface area contributed by atoms with E-state index in [2.05, 4.69) is 135 Å². The first-order valence-electron chi connectivity index (χ1n) is 18.2. The molecule has 0 spiro atoms. The molecule has 0 fully saturated rings. The van der Waals surface area contributed by atoms with E-state index in [1.807, 2.05) is 42.5 Å². The zero-order valence-corrected chi connectivity index (χ0v) is 29.8. The molecular formula is C50H35NO2. The highest BCUT2D eigenvalue weighted by atomic mass is 16.2. The number of anilines is 3. The highest BCUT2D eigenvalue weighted by Crippen LogP contribution is 2.53. The Morgan fingerprint density at radius 1 is 0.453 bits per heavy atom. The van der Waals surface area contributed by atoms with Crippen molar-refractivity contribution in [2.45, 2.75) is 26.2 Å². The van der Waals surface area contributed by atoms with Crippen LogP contribution in [0.15, 0.2) is 157 Å². The maximum absolute atomic E-state index is 13.6. The van der Waals surface area contributed by atoms with Gasteiger partial charge in [-0.3, -0.25) is 9.59 Å². The second kappa shape index (κ2) is 11.5. The van der Waals surface area contributed by atoms with E-state index in [1.54, 1.807) is 6.08 Å². The van der Waals surface area contributed by atoms with E-state index in [1.165, 1.54) is 27.5 Å². The summed E-state index contributed by atoms with van der Waals surface area (Å²) in [7, 11) is 0. The monoisotopic (exact) mass is 681 g/mol. The summed E-state index contributed by atoms with van der Waals surface area (Å²) in [5, 5.41) is 6.44. The van der Waals surface area contributed by atoms with Gasteiger partial charge in [-0.1, -0.05) is 136 Å². The quantitative estimate of drug-likeness (QED) is 0.135. The predicted octanol–water partition coefficient (Wildman–Crippen LogP) is 13.0. The fraction of sp³-hybridized carbons (Fsp3) is 0.0800. The van der Waals surface area contributed by atoms with Crippen LogP contribution >= 0.6 is 0 Å². The first-order chi connectivity index (χ1) is 25.7. The van der Waals surface area contributed by atoms with Gasteiger partial charge in [-0.25, -0.2) is 0 Å². The molecule has 0 N–H and O–H groups in total. The SMILES string of the molecule is CC(C)(C)c1ccc2c(N3c4ccccc4-c4ccccc4-c4c3ccc3cc(C=C5C(=O)c6cc7ccccc7cc6C5=O)ccc43)cccc2c1. The van der Waals surface area contributed by atoms with Crippen LogP contribution in [0, 0.1) is 0 Å². The van der Waals surface area contributed by atoms with Gasteiger partial charge in [0.15, 0.2) is 11.6 Å². The molecule has 8 aromatic carbocycles. The number of nitrogens with zero attached hydrogens (tertiary/aromatic N) is 1. The molecule has 0 saturated heterocycles. The van der Waals surface area contributed by atoms with Crippen LogP contribution in [0.4, 0.5) is 17.1 Å². The van der Waals surface area contributed by atoms with Crippen molar-refractivity contribution in [3.05, 3.63) is 179 Å². The number of carbonyl (C=O) groups is 2. The van der Waals surface area contributed by atoms with Crippen LogP contribution in [-0.2, 0) is 5.41 Å². The van der Waals surface area contributed by atoms with E-state index < -0.39 is 0 Å². The molecule has 0 saturated carbocycles. The van der Waals surface area contributed by atoms with Gasteiger partial charge in [-0.2, -0.15) is 0 Å². The van der Waals surface area contributed by atoms with E-state index in [4.69, 9.17) is 0 Å². The van der Waals surface area contributed by atoms with Crippen molar-refractivity contribution in [3.8, 4) is 22.3 Å². The van der Waals surface area contributed by atoms with E-state index >= 15 is 0 Å². The fourth-order valence-electron chi connectivity index (χ4n) is 8.35. The van der Waals surface area contributed by atoms with Gasteiger partial charge in [-0.05, 0) is 97.1 Å². The lowest BCUT2D eigenvalue weighted by Gasteiger charge is -2.29. The van der Waals surface area contributed by atoms with Crippen LogP contribution in [0.3, 0.4) is 0 Å². The van der Waals surface area contributed by atoms with Gasteiger partial charge < -0.3 is 4.90 Å². The van der Waals surface area contributed by atoms with E-state index in [9.17, 15) is 9.59 Å². The number of hydrogen-bond donors (Lipinski definition) is 0. The Bertz CT molecular complexity index is 2870. The number of carbonyl (C=O) groups excluding carboxylic acids is 2. The number of allylic oxidation sites excluding steroid dienone is 1. The highest BCUT2D eigenvalue weighted by molar-refractivity contribution is 6.42. The third-order valence-electron chi connectivity index (χ3n) is 11.0. The molecule has 252 valence electrons. The molecule has 3 heteroatoms. The molecule has 1 aliphatic carbocycles. The molecule has 0 amide bonds. The summed E-state index contributed by atoms with van der Waals surface area (Å²) in [5.74, 6) is -0.436. The Balaban J connectivity index is 1.17. The first-order valence-corrected chi connectivity index (χ1v) is 18.2. The summed E-state index contributed by atoms with van der Waals surface area (Å²) in [6, 6.07) is 53.0. The standard InChI is InChI=1S/C50H35NO2/c1-50(2,3)35-21-23-36-33(27-35)13-10-18-44(36)51-45-17-9-8-15-39(45)38-14-6-7-16-40(38)47-37-22-19-30(25-34(37)20-24-46(47)51)26-43-48(52)41-28-31-11-4-5-12-32(31)29-42(41)49(43)53/h4-29H,1-3H3. The smallest absolute Gasteiger partial charge is 0.197 e. The molecular weight excluding hydrogens is 647 g/mol. The van der Waals surface area contributed by atoms with Crippen molar-refractivity contribution in [2.24, 2.45) is 0 Å². The van der Waals surface area contributed by atoms with Gasteiger partial charge in [0.1, 0.15) is 0 Å². The van der Waals surface area contributed by atoms with Crippen LogP contribution < -0.4 is 4.90 Å². The number of rotatable bonds is 2. The van der Waals surface area contributed by atoms with Gasteiger partial charge in [0, 0.05) is 27.6 Å². The summed E-state index contributed by atoms with van der Waals surface area (Å²) in [6.45, 7) is 6.77. The summed E-state index contributed by atoms with van der Waals surface area (Å²) in [6.07, 6.45) is 1.76. The van der Waals surface area contributed by atoms with Crippen molar-refractivity contribution >= 4 is 67.0 Å². The maximum atomic E-state index is 13.6.